The Bertz CT molecular complexity index is 1440. The maximum atomic E-state index is 13.5. The van der Waals surface area contributed by atoms with Crippen molar-refractivity contribution in [3.8, 4) is 11.5 Å². The zero-order valence-electron chi connectivity index (χ0n) is 24.9. The van der Waals surface area contributed by atoms with E-state index in [1.165, 1.54) is 7.11 Å². The van der Waals surface area contributed by atoms with Gasteiger partial charge >= 0.3 is 12.0 Å². The summed E-state index contributed by atoms with van der Waals surface area (Å²) >= 11 is 0. The smallest absolute Gasteiger partial charge is 0.323 e. The molecule has 1 unspecified atom stereocenters. The molecule has 4 rings (SSSR count). The van der Waals surface area contributed by atoms with Crippen molar-refractivity contribution < 1.29 is 28.6 Å². The first-order valence-corrected chi connectivity index (χ1v) is 14.2. The van der Waals surface area contributed by atoms with E-state index >= 15 is 0 Å². The van der Waals surface area contributed by atoms with E-state index < -0.39 is 6.03 Å². The van der Waals surface area contributed by atoms with E-state index in [0.717, 1.165) is 16.7 Å². The van der Waals surface area contributed by atoms with Crippen molar-refractivity contribution in [1.29, 1.82) is 0 Å². The Morgan fingerprint density at radius 1 is 1.00 bits per heavy atom. The molecule has 0 aromatic heterocycles. The molecule has 222 valence electrons. The summed E-state index contributed by atoms with van der Waals surface area (Å²) in [5.41, 5.74) is 4.59. The maximum Gasteiger partial charge on any atom is 0.323 e. The van der Waals surface area contributed by atoms with Gasteiger partial charge < -0.3 is 29.7 Å². The fraction of sp³-hybridized carbons (Fsp3) is 0.364. The van der Waals surface area contributed by atoms with Gasteiger partial charge in [-0.3, -0.25) is 9.59 Å². The summed E-state index contributed by atoms with van der Waals surface area (Å²) in [4.78, 5) is 40.0. The number of aryl methyl sites for hydroxylation is 1. The summed E-state index contributed by atoms with van der Waals surface area (Å²) in [6, 6.07) is 18.2. The second-order valence-corrected chi connectivity index (χ2v) is 10.6. The SMILES string of the molecule is CCOC(=O)CC(c1ccc2c(c1)OCCN2C(=O)Cc1ccc(NC(=O)Nc2ccccc2C)c(OC)c1)C(C)C. The lowest BCUT2D eigenvalue weighted by molar-refractivity contribution is -0.143. The van der Waals surface area contributed by atoms with Gasteiger partial charge in [0.05, 0.1) is 44.5 Å². The average molecular weight is 574 g/mol. The third-order valence-corrected chi connectivity index (χ3v) is 7.34. The lowest BCUT2D eigenvalue weighted by Gasteiger charge is -2.31. The van der Waals surface area contributed by atoms with Crippen LogP contribution in [0.3, 0.4) is 0 Å². The Hall–Kier alpha value is -4.53. The fourth-order valence-electron chi connectivity index (χ4n) is 5.07. The summed E-state index contributed by atoms with van der Waals surface area (Å²) < 4.78 is 16.6. The standard InChI is InChI=1S/C33H39N3O6/c1-6-41-32(38)20-25(21(2)3)24-12-14-28-30(19-24)42-16-15-36(28)31(37)18-23-11-13-27(29(17-23)40-5)35-33(39)34-26-10-8-7-9-22(26)4/h7-14,17,19,21,25H,6,15-16,18,20H2,1-5H3,(H2,34,35,39). The molecule has 3 amide bonds. The number of carbonyl (C=O) groups is 3. The molecule has 0 aliphatic carbocycles. The number of hydrogen-bond acceptors (Lipinski definition) is 6. The molecule has 1 atom stereocenters. The van der Waals surface area contributed by atoms with E-state index in [2.05, 4.69) is 24.5 Å². The van der Waals surface area contributed by atoms with Crippen LogP contribution in [0.15, 0.2) is 60.7 Å². The van der Waals surface area contributed by atoms with Gasteiger partial charge in [-0.15, -0.1) is 0 Å². The molecule has 2 N–H and O–H groups in total. The highest BCUT2D eigenvalue weighted by atomic mass is 16.5. The summed E-state index contributed by atoms with van der Waals surface area (Å²) in [5, 5.41) is 5.66. The van der Waals surface area contributed by atoms with Gasteiger partial charge in [-0.1, -0.05) is 44.2 Å². The number of esters is 1. The number of nitrogens with zero attached hydrogens (tertiary/aromatic N) is 1. The zero-order valence-corrected chi connectivity index (χ0v) is 24.9. The lowest BCUT2D eigenvalue weighted by atomic mass is 9.85. The van der Waals surface area contributed by atoms with E-state index in [4.69, 9.17) is 14.2 Å². The third-order valence-electron chi connectivity index (χ3n) is 7.34. The molecule has 0 fully saturated rings. The first-order valence-electron chi connectivity index (χ1n) is 14.2. The number of hydrogen-bond donors (Lipinski definition) is 2. The van der Waals surface area contributed by atoms with Crippen LogP contribution in [0.4, 0.5) is 21.9 Å². The van der Waals surface area contributed by atoms with E-state index in [1.807, 2.05) is 49.4 Å². The highest BCUT2D eigenvalue weighted by molar-refractivity contribution is 6.01. The normalized spacial score (nSPS) is 13.0. The summed E-state index contributed by atoms with van der Waals surface area (Å²) in [6.07, 6.45) is 0.428. The average Bonchev–Trinajstić information content (AvgIpc) is 2.97. The second kappa shape index (κ2) is 13.9. The molecular formula is C33H39N3O6. The zero-order chi connectivity index (χ0) is 30.2. The largest absolute Gasteiger partial charge is 0.495 e. The van der Waals surface area contributed by atoms with Crippen LogP contribution in [0.25, 0.3) is 0 Å². The van der Waals surface area contributed by atoms with Crippen molar-refractivity contribution in [3.05, 3.63) is 77.4 Å². The number of methoxy groups -OCH3 is 1. The van der Waals surface area contributed by atoms with Crippen molar-refractivity contribution in [2.45, 2.75) is 46.5 Å². The number of para-hydroxylation sites is 1. The maximum absolute atomic E-state index is 13.5. The van der Waals surface area contributed by atoms with E-state index in [0.29, 0.717) is 48.3 Å². The van der Waals surface area contributed by atoms with E-state index in [-0.39, 0.29) is 36.6 Å². The number of carbonyl (C=O) groups excluding carboxylic acids is 3. The van der Waals surface area contributed by atoms with Gasteiger partial charge in [-0.25, -0.2) is 4.79 Å². The Labute approximate surface area is 247 Å². The van der Waals surface area contributed by atoms with Gasteiger partial charge in [-0.05, 0) is 72.7 Å². The molecule has 0 spiro atoms. The molecule has 0 radical (unpaired) electrons. The molecule has 1 heterocycles. The van der Waals surface area contributed by atoms with Gasteiger partial charge in [0.2, 0.25) is 5.91 Å². The highest BCUT2D eigenvalue weighted by Gasteiger charge is 2.27. The number of rotatable bonds is 10. The minimum absolute atomic E-state index is 0.0255. The molecule has 42 heavy (non-hydrogen) atoms. The number of nitrogens with one attached hydrogen (secondary N) is 2. The summed E-state index contributed by atoms with van der Waals surface area (Å²) in [7, 11) is 1.52. The lowest BCUT2D eigenvalue weighted by Crippen LogP contribution is -2.39. The molecule has 0 saturated heterocycles. The van der Waals surface area contributed by atoms with Crippen LogP contribution in [-0.4, -0.2) is 44.8 Å². The van der Waals surface area contributed by atoms with E-state index in [1.54, 1.807) is 30.0 Å². The predicted molar refractivity (Wildman–Crippen MR) is 164 cm³/mol. The second-order valence-electron chi connectivity index (χ2n) is 10.6. The summed E-state index contributed by atoms with van der Waals surface area (Å²) in [6.45, 7) is 9.02. The van der Waals surface area contributed by atoms with Crippen LogP contribution in [0.5, 0.6) is 11.5 Å². The molecule has 3 aromatic carbocycles. The number of urea groups is 1. The van der Waals surface area contributed by atoms with Crippen molar-refractivity contribution in [2.75, 3.05) is 42.4 Å². The molecule has 0 bridgehead atoms. The van der Waals surface area contributed by atoms with Gasteiger partial charge in [0.1, 0.15) is 18.1 Å². The van der Waals surface area contributed by atoms with Crippen molar-refractivity contribution in [2.24, 2.45) is 5.92 Å². The molecule has 1 aliphatic rings. The number of fused-ring (bicyclic) bond motifs is 1. The third kappa shape index (κ3) is 7.40. The number of anilines is 3. The minimum Gasteiger partial charge on any atom is -0.495 e. The van der Waals surface area contributed by atoms with Crippen LogP contribution < -0.4 is 25.0 Å². The Balaban J connectivity index is 1.46. The monoisotopic (exact) mass is 573 g/mol. The first kappa shape index (κ1) is 30.4. The first-order chi connectivity index (χ1) is 20.2. The number of amides is 3. The number of ether oxygens (including phenoxy) is 3. The van der Waals surface area contributed by atoms with Crippen LogP contribution in [0.1, 0.15) is 49.8 Å². The van der Waals surface area contributed by atoms with Crippen LogP contribution >= 0.6 is 0 Å². The van der Waals surface area contributed by atoms with E-state index in [9.17, 15) is 14.4 Å². The fourth-order valence-corrected chi connectivity index (χ4v) is 5.07. The molecule has 1 aliphatic heterocycles. The van der Waals surface area contributed by atoms with Gasteiger partial charge in [-0.2, -0.15) is 0 Å². The highest BCUT2D eigenvalue weighted by Crippen LogP contribution is 2.38. The molecular weight excluding hydrogens is 534 g/mol. The summed E-state index contributed by atoms with van der Waals surface area (Å²) in [5.74, 6) is 0.957. The Morgan fingerprint density at radius 3 is 2.48 bits per heavy atom. The molecule has 0 saturated carbocycles. The van der Waals surface area contributed by atoms with Crippen LogP contribution in [0.2, 0.25) is 0 Å². The molecule has 3 aromatic rings. The van der Waals surface area contributed by atoms with Crippen LogP contribution in [0, 0.1) is 12.8 Å². The van der Waals surface area contributed by atoms with Crippen molar-refractivity contribution >= 4 is 35.0 Å². The predicted octanol–water partition coefficient (Wildman–Crippen LogP) is 6.31. The van der Waals surface area contributed by atoms with Gasteiger partial charge in [0.15, 0.2) is 0 Å². The number of benzene rings is 3. The van der Waals surface area contributed by atoms with Crippen LogP contribution in [-0.2, 0) is 20.7 Å². The van der Waals surface area contributed by atoms with Gasteiger partial charge in [0, 0.05) is 5.69 Å². The van der Waals surface area contributed by atoms with Gasteiger partial charge in [0.25, 0.3) is 0 Å². The minimum atomic E-state index is -0.391. The van der Waals surface area contributed by atoms with Crippen molar-refractivity contribution in [3.63, 3.8) is 0 Å². The Kier molecular flexibility index (Phi) is 10.1. The van der Waals surface area contributed by atoms with Crippen molar-refractivity contribution in [1.82, 2.24) is 0 Å². The molecule has 9 nitrogen and oxygen atoms in total. The Morgan fingerprint density at radius 2 is 1.76 bits per heavy atom. The molecule has 9 heteroatoms. The quantitative estimate of drug-likeness (QED) is 0.276. The topological polar surface area (TPSA) is 106 Å².